The first kappa shape index (κ1) is 13.4. The molecule has 3 aromatic rings. The van der Waals surface area contributed by atoms with Crippen LogP contribution in [0.4, 0.5) is 4.39 Å². The van der Waals surface area contributed by atoms with Gasteiger partial charge in [-0.3, -0.25) is 4.98 Å². The van der Waals surface area contributed by atoms with E-state index in [9.17, 15) is 17.9 Å². The second-order valence-corrected chi connectivity index (χ2v) is 6.14. The molecule has 1 aromatic carbocycles. The van der Waals surface area contributed by atoms with E-state index in [4.69, 9.17) is 0 Å². The number of rotatable bonds is 2. The number of benzene rings is 1. The third-order valence-electron chi connectivity index (χ3n) is 2.98. The fourth-order valence-corrected chi connectivity index (χ4v) is 3.40. The Morgan fingerprint density at radius 2 is 1.81 bits per heavy atom. The average Bonchev–Trinajstić information content (AvgIpc) is 2.51. The first-order valence-corrected chi connectivity index (χ1v) is 7.42. The van der Waals surface area contributed by atoms with Gasteiger partial charge >= 0.3 is 0 Å². The highest BCUT2D eigenvalue weighted by Crippen LogP contribution is 2.33. The Labute approximate surface area is 119 Å². The van der Waals surface area contributed by atoms with E-state index in [1.54, 1.807) is 6.07 Å². The summed E-state index contributed by atoms with van der Waals surface area (Å²) in [6, 6.07) is 8.17. The second kappa shape index (κ2) is 4.78. The van der Waals surface area contributed by atoms with Crippen LogP contribution in [-0.4, -0.2) is 23.5 Å². The molecule has 3 rings (SSSR count). The molecule has 0 saturated heterocycles. The molecule has 0 saturated carbocycles. The van der Waals surface area contributed by atoms with Crippen molar-refractivity contribution in [1.82, 2.24) is 9.97 Å². The Bertz CT molecular complexity index is 928. The van der Waals surface area contributed by atoms with Crippen LogP contribution in [0.2, 0.25) is 0 Å². The van der Waals surface area contributed by atoms with Gasteiger partial charge in [0.1, 0.15) is 5.52 Å². The van der Waals surface area contributed by atoms with Gasteiger partial charge < -0.3 is 5.11 Å². The molecule has 0 amide bonds. The maximum absolute atomic E-state index is 13.8. The average molecular weight is 304 g/mol. The number of phenolic OH excluding ortho intramolecular Hbond substituents is 1. The van der Waals surface area contributed by atoms with Crippen LogP contribution in [0.3, 0.4) is 0 Å². The van der Waals surface area contributed by atoms with Gasteiger partial charge in [0.15, 0.2) is 16.6 Å². The van der Waals surface area contributed by atoms with Gasteiger partial charge in [-0.15, -0.1) is 0 Å². The number of sulfone groups is 1. The number of aromatic hydroxyl groups is 1. The molecular formula is C14H9FN2O3S. The quantitative estimate of drug-likeness (QED) is 0.786. The highest BCUT2D eigenvalue weighted by Gasteiger charge is 2.25. The SMILES string of the molecule is O=S(=O)(c1ccccn1)c1cc(F)c(O)c2ncccc12. The molecular weight excluding hydrogens is 295 g/mol. The Kier molecular flexibility index (Phi) is 3.06. The zero-order valence-electron chi connectivity index (χ0n) is 10.6. The molecule has 0 spiro atoms. The van der Waals surface area contributed by atoms with E-state index in [1.165, 1.54) is 36.7 Å². The van der Waals surface area contributed by atoms with Crippen molar-refractivity contribution < 1.29 is 17.9 Å². The van der Waals surface area contributed by atoms with E-state index in [0.29, 0.717) is 0 Å². The maximum Gasteiger partial charge on any atom is 0.224 e. The summed E-state index contributed by atoms with van der Waals surface area (Å²) < 4.78 is 38.9. The lowest BCUT2D eigenvalue weighted by Crippen LogP contribution is -2.06. The van der Waals surface area contributed by atoms with Crippen molar-refractivity contribution in [3.05, 3.63) is 54.6 Å². The molecule has 0 fully saturated rings. The van der Waals surface area contributed by atoms with Gasteiger partial charge in [-0.2, -0.15) is 0 Å². The first-order valence-electron chi connectivity index (χ1n) is 5.94. The smallest absolute Gasteiger partial charge is 0.224 e. The zero-order valence-corrected chi connectivity index (χ0v) is 11.4. The standard InChI is InChI=1S/C14H9FN2O3S/c15-10-8-11(9-4-3-7-17-13(9)14(10)18)21(19,20)12-5-1-2-6-16-12/h1-8,18H. The molecule has 7 heteroatoms. The second-order valence-electron chi connectivity index (χ2n) is 4.28. The zero-order chi connectivity index (χ0) is 15.0. The Morgan fingerprint density at radius 1 is 1.05 bits per heavy atom. The molecule has 0 aliphatic heterocycles. The topological polar surface area (TPSA) is 80.2 Å². The lowest BCUT2D eigenvalue weighted by molar-refractivity contribution is 0.436. The third-order valence-corrected chi connectivity index (χ3v) is 4.69. The molecule has 2 heterocycles. The normalized spacial score (nSPS) is 11.7. The van der Waals surface area contributed by atoms with Crippen molar-refractivity contribution in [3.63, 3.8) is 0 Å². The third kappa shape index (κ3) is 2.11. The fraction of sp³-hybridized carbons (Fsp3) is 0. The maximum atomic E-state index is 13.8. The summed E-state index contributed by atoms with van der Waals surface area (Å²) in [6.07, 6.45) is 2.68. The van der Waals surface area contributed by atoms with Gasteiger partial charge in [0.25, 0.3) is 0 Å². The fourth-order valence-electron chi connectivity index (χ4n) is 2.01. The van der Waals surface area contributed by atoms with Crippen LogP contribution < -0.4 is 0 Å². The first-order chi connectivity index (χ1) is 10.0. The molecule has 21 heavy (non-hydrogen) atoms. The molecule has 0 unspecified atom stereocenters. The molecule has 0 aliphatic rings. The molecule has 0 bridgehead atoms. The van der Waals surface area contributed by atoms with Gasteiger partial charge in [-0.1, -0.05) is 6.07 Å². The molecule has 5 nitrogen and oxygen atoms in total. The summed E-state index contributed by atoms with van der Waals surface area (Å²) in [7, 11) is -4.01. The highest BCUT2D eigenvalue weighted by atomic mass is 32.2. The van der Waals surface area contributed by atoms with Crippen molar-refractivity contribution in [3.8, 4) is 5.75 Å². The highest BCUT2D eigenvalue weighted by molar-refractivity contribution is 7.91. The van der Waals surface area contributed by atoms with Crippen LogP contribution in [-0.2, 0) is 9.84 Å². The number of phenols is 1. The van der Waals surface area contributed by atoms with Crippen molar-refractivity contribution in [1.29, 1.82) is 0 Å². The van der Waals surface area contributed by atoms with E-state index in [-0.39, 0.29) is 20.8 Å². The number of aromatic nitrogens is 2. The largest absolute Gasteiger partial charge is 0.503 e. The van der Waals surface area contributed by atoms with Crippen LogP contribution in [0.5, 0.6) is 5.75 Å². The molecule has 1 N–H and O–H groups in total. The van der Waals surface area contributed by atoms with Gasteiger partial charge in [0.2, 0.25) is 9.84 Å². The Hall–Kier alpha value is -2.54. The predicted molar refractivity (Wildman–Crippen MR) is 73.1 cm³/mol. The van der Waals surface area contributed by atoms with Crippen LogP contribution in [0.15, 0.2) is 58.7 Å². The van der Waals surface area contributed by atoms with Gasteiger partial charge in [-0.05, 0) is 30.3 Å². The van der Waals surface area contributed by atoms with Crippen LogP contribution in [0.25, 0.3) is 10.9 Å². The van der Waals surface area contributed by atoms with E-state index in [1.807, 2.05) is 0 Å². The lowest BCUT2D eigenvalue weighted by atomic mass is 10.2. The molecule has 0 atom stereocenters. The molecule has 106 valence electrons. The number of fused-ring (bicyclic) bond motifs is 1. The van der Waals surface area contributed by atoms with Gasteiger partial charge in [0.05, 0.1) is 4.90 Å². The minimum absolute atomic E-state index is 0.105. The molecule has 2 aromatic heterocycles. The van der Waals surface area contributed by atoms with Crippen molar-refractivity contribution in [2.75, 3.05) is 0 Å². The number of pyridine rings is 2. The number of nitrogens with zero attached hydrogens (tertiary/aromatic N) is 2. The van der Waals surface area contributed by atoms with Gasteiger partial charge in [-0.25, -0.2) is 17.8 Å². The molecule has 0 aliphatic carbocycles. The van der Waals surface area contributed by atoms with E-state index >= 15 is 0 Å². The van der Waals surface area contributed by atoms with E-state index in [0.717, 1.165) is 6.07 Å². The number of hydrogen-bond acceptors (Lipinski definition) is 5. The Balaban J connectivity index is 2.39. The number of hydrogen-bond donors (Lipinski definition) is 1. The van der Waals surface area contributed by atoms with Crippen LogP contribution in [0.1, 0.15) is 0 Å². The van der Waals surface area contributed by atoms with Crippen LogP contribution >= 0.6 is 0 Å². The summed E-state index contributed by atoms with van der Waals surface area (Å²) in [5.74, 6) is -1.72. The summed E-state index contributed by atoms with van der Waals surface area (Å²) in [4.78, 5) is 7.35. The minimum Gasteiger partial charge on any atom is -0.503 e. The van der Waals surface area contributed by atoms with Crippen LogP contribution in [0, 0.1) is 5.82 Å². The van der Waals surface area contributed by atoms with Crippen molar-refractivity contribution in [2.45, 2.75) is 9.92 Å². The molecule has 0 radical (unpaired) electrons. The van der Waals surface area contributed by atoms with E-state index in [2.05, 4.69) is 9.97 Å². The van der Waals surface area contributed by atoms with Crippen molar-refractivity contribution >= 4 is 20.7 Å². The van der Waals surface area contributed by atoms with E-state index < -0.39 is 21.4 Å². The summed E-state index contributed by atoms with van der Waals surface area (Å²) in [6.45, 7) is 0. The minimum atomic E-state index is -4.01. The predicted octanol–water partition coefficient (Wildman–Crippen LogP) is 2.31. The lowest BCUT2D eigenvalue weighted by Gasteiger charge is -2.09. The van der Waals surface area contributed by atoms with Crippen molar-refractivity contribution in [2.24, 2.45) is 0 Å². The Morgan fingerprint density at radius 3 is 2.52 bits per heavy atom. The summed E-state index contributed by atoms with van der Waals surface area (Å²) in [5, 5.41) is 9.62. The monoisotopic (exact) mass is 304 g/mol. The summed E-state index contributed by atoms with van der Waals surface area (Å²) >= 11 is 0. The summed E-state index contributed by atoms with van der Waals surface area (Å²) in [5.41, 5.74) is -0.105. The number of halogens is 1. The van der Waals surface area contributed by atoms with Gasteiger partial charge in [0, 0.05) is 17.8 Å².